The molecule has 0 aliphatic rings. The second kappa shape index (κ2) is 5.82. The molecule has 0 fully saturated rings. The Labute approximate surface area is 107 Å². The van der Waals surface area contributed by atoms with Gasteiger partial charge in [-0.2, -0.15) is 4.98 Å². The van der Waals surface area contributed by atoms with Crippen LogP contribution in [0.5, 0.6) is 0 Å². The van der Waals surface area contributed by atoms with Crippen LogP contribution in [0.3, 0.4) is 0 Å². The maximum Gasteiger partial charge on any atom is 0.238 e. The zero-order chi connectivity index (χ0) is 13.0. The van der Waals surface area contributed by atoms with Gasteiger partial charge in [-0.1, -0.05) is 25.9 Å². The Morgan fingerprint density at radius 2 is 2.22 bits per heavy atom. The topological polar surface area (TPSA) is 64.1 Å². The molecular weight excluding hydrogens is 230 g/mol. The first-order chi connectivity index (χ1) is 8.70. The van der Waals surface area contributed by atoms with Crippen LogP contribution in [-0.4, -0.2) is 22.7 Å². The molecule has 0 amide bonds. The van der Waals surface area contributed by atoms with Crippen LogP contribution >= 0.6 is 0 Å². The highest BCUT2D eigenvalue weighted by Gasteiger charge is 2.18. The second-order valence-corrected chi connectivity index (χ2v) is 4.60. The van der Waals surface area contributed by atoms with Crippen LogP contribution in [0.4, 0.5) is 0 Å². The van der Waals surface area contributed by atoms with E-state index in [9.17, 15) is 0 Å². The van der Waals surface area contributed by atoms with E-state index in [1.807, 2.05) is 6.07 Å². The highest BCUT2D eigenvalue weighted by molar-refractivity contribution is 5.44. The summed E-state index contributed by atoms with van der Waals surface area (Å²) in [6.07, 6.45) is 2.33. The first kappa shape index (κ1) is 12.8. The zero-order valence-electron chi connectivity index (χ0n) is 11.0. The third-order valence-corrected chi connectivity index (χ3v) is 2.88. The monoisotopic (exact) mass is 249 g/mol. The lowest BCUT2D eigenvalue weighted by Gasteiger charge is -2.19. The molecule has 0 radical (unpaired) electrons. The highest BCUT2D eigenvalue weighted by Crippen LogP contribution is 2.17. The van der Waals surface area contributed by atoms with E-state index >= 15 is 0 Å². The van der Waals surface area contributed by atoms with Crippen molar-refractivity contribution in [1.29, 1.82) is 0 Å². The summed E-state index contributed by atoms with van der Waals surface area (Å²) in [6.45, 7) is 7.38. The van der Waals surface area contributed by atoms with E-state index in [-0.39, 0.29) is 0 Å². The van der Waals surface area contributed by atoms with Crippen LogP contribution in [0.1, 0.15) is 26.7 Å². The summed E-state index contributed by atoms with van der Waals surface area (Å²) >= 11 is 0. The van der Waals surface area contributed by atoms with Gasteiger partial charge < -0.3 is 14.3 Å². The summed E-state index contributed by atoms with van der Waals surface area (Å²) in [7, 11) is 0. The molecule has 5 nitrogen and oxygen atoms in total. The molecule has 1 atom stereocenters. The predicted molar refractivity (Wildman–Crippen MR) is 68.0 cm³/mol. The molecule has 98 valence electrons. The molecule has 18 heavy (non-hydrogen) atoms. The van der Waals surface area contributed by atoms with Crippen LogP contribution in [0, 0.1) is 5.92 Å². The number of rotatable bonds is 6. The van der Waals surface area contributed by atoms with Crippen molar-refractivity contribution in [2.24, 2.45) is 5.92 Å². The van der Waals surface area contributed by atoms with E-state index in [1.54, 1.807) is 12.3 Å². The number of nitrogens with one attached hydrogen (secondary N) is 1. The van der Waals surface area contributed by atoms with Crippen LogP contribution in [0.2, 0.25) is 0 Å². The fraction of sp³-hybridized carbons (Fsp3) is 0.538. The van der Waals surface area contributed by atoms with Gasteiger partial charge in [0, 0.05) is 12.5 Å². The van der Waals surface area contributed by atoms with Crippen molar-refractivity contribution in [3.05, 3.63) is 24.3 Å². The molecular formula is C13H19N3O2. The molecule has 2 rings (SSSR count). The summed E-state index contributed by atoms with van der Waals surface area (Å²) in [5, 5.41) is 7.35. The van der Waals surface area contributed by atoms with Gasteiger partial charge in [-0.3, -0.25) is 0 Å². The van der Waals surface area contributed by atoms with Crippen LogP contribution in [0.15, 0.2) is 27.3 Å². The first-order valence-corrected chi connectivity index (χ1v) is 6.30. The van der Waals surface area contributed by atoms with Crippen LogP contribution in [0.25, 0.3) is 11.6 Å². The van der Waals surface area contributed by atoms with Crippen molar-refractivity contribution in [2.75, 3.05) is 6.54 Å². The Balaban J connectivity index is 2.06. The molecule has 0 saturated heterocycles. The molecule has 0 aliphatic carbocycles. The number of aromatic nitrogens is 2. The van der Waals surface area contributed by atoms with Gasteiger partial charge in [0.1, 0.15) is 0 Å². The quantitative estimate of drug-likeness (QED) is 0.852. The molecule has 5 heteroatoms. The molecule has 2 heterocycles. The minimum Gasteiger partial charge on any atom is -0.461 e. The number of likely N-dealkylation sites (N-methyl/N-ethyl adjacent to an activating group) is 1. The van der Waals surface area contributed by atoms with Gasteiger partial charge in [-0.15, -0.1) is 0 Å². The van der Waals surface area contributed by atoms with Gasteiger partial charge in [-0.05, 0) is 24.6 Å². The number of furan rings is 1. The summed E-state index contributed by atoms with van der Waals surface area (Å²) < 4.78 is 10.5. The molecule has 0 spiro atoms. The summed E-state index contributed by atoms with van der Waals surface area (Å²) in [5.74, 6) is 2.30. The minimum atomic E-state index is 0.347. The van der Waals surface area contributed by atoms with Crippen molar-refractivity contribution >= 4 is 0 Å². The van der Waals surface area contributed by atoms with Crippen LogP contribution in [-0.2, 0) is 6.42 Å². The maximum absolute atomic E-state index is 5.25. The van der Waals surface area contributed by atoms with Gasteiger partial charge in [0.25, 0.3) is 0 Å². The van der Waals surface area contributed by atoms with Gasteiger partial charge >= 0.3 is 0 Å². The van der Waals surface area contributed by atoms with E-state index in [0.29, 0.717) is 29.4 Å². The lowest BCUT2D eigenvalue weighted by Crippen LogP contribution is -2.35. The minimum absolute atomic E-state index is 0.347. The van der Waals surface area contributed by atoms with Crippen molar-refractivity contribution in [1.82, 2.24) is 15.5 Å². The normalized spacial score (nSPS) is 13.1. The van der Waals surface area contributed by atoms with Crippen molar-refractivity contribution in [3.8, 4) is 11.6 Å². The largest absolute Gasteiger partial charge is 0.461 e. The van der Waals surface area contributed by atoms with E-state index in [0.717, 1.165) is 13.0 Å². The van der Waals surface area contributed by atoms with Crippen molar-refractivity contribution in [3.63, 3.8) is 0 Å². The number of hydrogen-bond acceptors (Lipinski definition) is 5. The highest BCUT2D eigenvalue weighted by atomic mass is 16.5. The first-order valence-electron chi connectivity index (χ1n) is 6.30. The average Bonchev–Trinajstić information content (AvgIpc) is 2.98. The molecule has 2 aromatic rings. The van der Waals surface area contributed by atoms with Crippen molar-refractivity contribution < 1.29 is 8.94 Å². The Hall–Kier alpha value is -1.62. The SMILES string of the molecule is CCNC(Cc1nc(-c2ccco2)no1)C(C)C. The summed E-state index contributed by atoms with van der Waals surface area (Å²) in [6, 6.07) is 3.97. The standard InChI is InChI=1S/C13H19N3O2/c1-4-14-10(9(2)3)8-12-15-13(16-18-12)11-6-5-7-17-11/h5-7,9-10,14H,4,8H2,1-3H3. The Morgan fingerprint density at radius 1 is 1.39 bits per heavy atom. The van der Waals surface area contributed by atoms with E-state index in [4.69, 9.17) is 8.94 Å². The zero-order valence-corrected chi connectivity index (χ0v) is 11.0. The fourth-order valence-corrected chi connectivity index (χ4v) is 1.84. The molecule has 1 N–H and O–H groups in total. The lowest BCUT2D eigenvalue weighted by molar-refractivity contribution is 0.329. The lowest BCUT2D eigenvalue weighted by atomic mass is 10.0. The molecule has 2 aromatic heterocycles. The molecule has 1 unspecified atom stereocenters. The second-order valence-electron chi connectivity index (χ2n) is 4.60. The molecule has 0 saturated carbocycles. The molecule has 0 aromatic carbocycles. The smallest absolute Gasteiger partial charge is 0.238 e. The van der Waals surface area contributed by atoms with E-state index < -0.39 is 0 Å². The van der Waals surface area contributed by atoms with Gasteiger partial charge in [-0.25, -0.2) is 0 Å². The third kappa shape index (κ3) is 2.98. The van der Waals surface area contributed by atoms with Gasteiger partial charge in [0.2, 0.25) is 11.7 Å². The van der Waals surface area contributed by atoms with Crippen LogP contribution < -0.4 is 5.32 Å². The Morgan fingerprint density at radius 3 is 2.83 bits per heavy atom. The third-order valence-electron chi connectivity index (χ3n) is 2.88. The predicted octanol–water partition coefficient (Wildman–Crippen LogP) is 2.51. The summed E-state index contributed by atoms with van der Waals surface area (Å²) in [4.78, 5) is 4.35. The van der Waals surface area contributed by atoms with Gasteiger partial charge in [0.15, 0.2) is 5.76 Å². The number of nitrogens with zero attached hydrogens (tertiary/aromatic N) is 2. The number of hydrogen-bond donors (Lipinski definition) is 1. The van der Waals surface area contributed by atoms with E-state index in [2.05, 4.69) is 36.2 Å². The molecule has 0 aliphatic heterocycles. The fourth-order valence-electron chi connectivity index (χ4n) is 1.84. The average molecular weight is 249 g/mol. The van der Waals surface area contributed by atoms with Crippen molar-refractivity contribution in [2.45, 2.75) is 33.2 Å². The molecule has 0 bridgehead atoms. The van der Waals surface area contributed by atoms with E-state index in [1.165, 1.54) is 0 Å². The Kier molecular flexibility index (Phi) is 4.15. The summed E-state index contributed by atoms with van der Waals surface area (Å²) in [5.41, 5.74) is 0. The Bertz CT molecular complexity index is 462. The maximum atomic E-state index is 5.25. The van der Waals surface area contributed by atoms with Gasteiger partial charge in [0.05, 0.1) is 6.26 Å².